The van der Waals surface area contributed by atoms with E-state index in [0.29, 0.717) is 11.3 Å². The number of rotatable bonds is 4. The third kappa shape index (κ3) is 3.68. The molecule has 0 bridgehead atoms. The van der Waals surface area contributed by atoms with E-state index in [9.17, 15) is 4.79 Å². The molecule has 1 N–H and O–H groups in total. The van der Waals surface area contributed by atoms with Gasteiger partial charge >= 0.3 is 0 Å². The molecule has 0 aliphatic carbocycles. The van der Waals surface area contributed by atoms with Crippen LogP contribution in [-0.4, -0.2) is 12.1 Å². The summed E-state index contributed by atoms with van der Waals surface area (Å²) in [5.74, 6) is 0.300. The quantitative estimate of drug-likeness (QED) is 0.682. The van der Waals surface area contributed by atoms with Gasteiger partial charge in [0.2, 0.25) is 0 Å². The van der Waals surface area contributed by atoms with Gasteiger partial charge in [0.15, 0.2) is 0 Å². The summed E-state index contributed by atoms with van der Waals surface area (Å²) in [6.07, 6.45) is 5.08. The molecule has 1 aromatic heterocycles. The Morgan fingerprint density at radius 3 is 2.65 bits per heavy atom. The van der Waals surface area contributed by atoms with E-state index in [0.717, 1.165) is 11.1 Å². The van der Waals surface area contributed by atoms with Gasteiger partial charge in [-0.2, -0.15) is 5.10 Å². The Hall–Kier alpha value is -2.62. The molecule has 102 valence electrons. The summed E-state index contributed by atoms with van der Waals surface area (Å²) < 4.78 is 5.07. The van der Waals surface area contributed by atoms with E-state index >= 15 is 0 Å². The molecule has 0 saturated carbocycles. The predicted octanol–water partition coefficient (Wildman–Crippen LogP) is 3.41. The third-order valence-corrected chi connectivity index (χ3v) is 2.73. The van der Waals surface area contributed by atoms with Crippen LogP contribution >= 0.6 is 0 Å². The number of nitrogens with zero attached hydrogens (tertiary/aromatic N) is 1. The van der Waals surface area contributed by atoms with Crippen molar-refractivity contribution in [3.63, 3.8) is 0 Å². The topological polar surface area (TPSA) is 54.6 Å². The van der Waals surface area contributed by atoms with E-state index in [1.165, 1.54) is 6.26 Å². The lowest BCUT2D eigenvalue weighted by atomic mass is 10.1. The number of hydrazone groups is 1. The number of hydrogen-bond donors (Lipinski definition) is 1. The van der Waals surface area contributed by atoms with Gasteiger partial charge in [-0.15, -0.1) is 0 Å². The highest BCUT2D eigenvalue weighted by Crippen LogP contribution is 2.08. The van der Waals surface area contributed by atoms with Gasteiger partial charge in [0, 0.05) is 0 Å². The van der Waals surface area contributed by atoms with E-state index in [4.69, 9.17) is 4.42 Å². The fourth-order valence-corrected chi connectivity index (χ4v) is 1.72. The van der Waals surface area contributed by atoms with Crippen LogP contribution in [0.15, 0.2) is 57.8 Å². The lowest BCUT2D eigenvalue weighted by molar-refractivity contribution is 0.0953. The number of benzene rings is 1. The third-order valence-electron chi connectivity index (χ3n) is 2.73. The van der Waals surface area contributed by atoms with Crippen molar-refractivity contribution in [3.8, 4) is 0 Å². The Morgan fingerprint density at radius 2 is 2.00 bits per heavy atom. The minimum absolute atomic E-state index is 0.278. The van der Waals surface area contributed by atoms with Gasteiger partial charge in [-0.1, -0.05) is 36.4 Å². The first kappa shape index (κ1) is 13.8. The largest absolute Gasteiger partial charge is 0.469 e. The first-order chi connectivity index (χ1) is 9.66. The highest BCUT2D eigenvalue weighted by atomic mass is 16.3. The van der Waals surface area contributed by atoms with Crippen LogP contribution in [0, 0.1) is 6.92 Å². The second-order valence-electron chi connectivity index (χ2n) is 4.39. The van der Waals surface area contributed by atoms with Gasteiger partial charge in [0.05, 0.1) is 18.0 Å². The van der Waals surface area contributed by atoms with Gasteiger partial charge in [-0.25, -0.2) is 5.43 Å². The van der Waals surface area contributed by atoms with Crippen LogP contribution in [-0.2, 0) is 0 Å². The highest BCUT2D eigenvalue weighted by molar-refractivity contribution is 5.95. The molecule has 4 nitrogen and oxygen atoms in total. The molecule has 1 amide bonds. The summed E-state index contributed by atoms with van der Waals surface area (Å²) in [6, 6.07) is 11.5. The molecule has 0 atom stereocenters. The first-order valence-corrected chi connectivity index (χ1v) is 6.27. The van der Waals surface area contributed by atoms with Crippen LogP contribution in [0.4, 0.5) is 0 Å². The van der Waals surface area contributed by atoms with Crippen molar-refractivity contribution >= 4 is 18.2 Å². The Balaban J connectivity index is 1.95. The number of carbonyl (C=O) groups excluding carboxylic acids is 1. The van der Waals surface area contributed by atoms with Crippen LogP contribution in [0.25, 0.3) is 6.08 Å². The van der Waals surface area contributed by atoms with Crippen LogP contribution < -0.4 is 5.43 Å². The van der Waals surface area contributed by atoms with Crippen LogP contribution in [0.5, 0.6) is 0 Å². The average Bonchev–Trinajstić information content (AvgIpc) is 2.86. The molecule has 1 aromatic carbocycles. The molecular weight excluding hydrogens is 252 g/mol. The van der Waals surface area contributed by atoms with Gasteiger partial charge in [-0.3, -0.25) is 4.79 Å². The molecular formula is C16H16N2O2. The number of allylic oxidation sites excluding steroid dienone is 1. The molecule has 0 unspecified atom stereocenters. The molecule has 1 heterocycles. The fourth-order valence-electron chi connectivity index (χ4n) is 1.72. The van der Waals surface area contributed by atoms with Crippen molar-refractivity contribution in [3.05, 3.63) is 65.1 Å². The molecule has 4 heteroatoms. The summed E-state index contributed by atoms with van der Waals surface area (Å²) >= 11 is 0. The van der Waals surface area contributed by atoms with Gasteiger partial charge < -0.3 is 4.42 Å². The van der Waals surface area contributed by atoms with Crippen LogP contribution in [0.3, 0.4) is 0 Å². The number of amides is 1. The molecule has 0 saturated heterocycles. The van der Waals surface area contributed by atoms with Gasteiger partial charge in [-0.05, 0) is 31.1 Å². The molecule has 0 spiro atoms. The summed E-state index contributed by atoms with van der Waals surface area (Å²) in [5.41, 5.74) is 5.00. The number of hydrogen-bond acceptors (Lipinski definition) is 3. The zero-order valence-electron chi connectivity index (χ0n) is 11.5. The molecule has 0 fully saturated rings. The van der Waals surface area contributed by atoms with Crippen molar-refractivity contribution in [1.29, 1.82) is 0 Å². The summed E-state index contributed by atoms with van der Waals surface area (Å²) in [5, 5.41) is 3.93. The molecule has 0 aliphatic rings. The zero-order chi connectivity index (χ0) is 14.4. The minimum atomic E-state index is -0.278. The van der Waals surface area contributed by atoms with E-state index in [1.54, 1.807) is 19.2 Å². The number of carbonyl (C=O) groups is 1. The van der Waals surface area contributed by atoms with Crippen molar-refractivity contribution in [1.82, 2.24) is 5.43 Å². The van der Waals surface area contributed by atoms with Crippen LogP contribution in [0.1, 0.15) is 28.6 Å². The maximum Gasteiger partial charge on any atom is 0.274 e. The lowest BCUT2D eigenvalue weighted by Crippen LogP contribution is -2.17. The molecule has 2 aromatic rings. The zero-order valence-corrected chi connectivity index (χ0v) is 11.5. The first-order valence-electron chi connectivity index (χ1n) is 6.27. The number of furan rings is 1. The van der Waals surface area contributed by atoms with Crippen molar-refractivity contribution in [2.75, 3.05) is 0 Å². The Kier molecular flexibility index (Phi) is 4.50. The Labute approximate surface area is 117 Å². The maximum absolute atomic E-state index is 11.8. The molecule has 0 aliphatic heterocycles. The monoisotopic (exact) mass is 268 g/mol. The summed E-state index contributed by atoms with van der Waals surface area (Å²) in [6.45, 7) is 3.66. The highest BCUT2D eigenvalue weighted by Gasteiger charge is 2.09. The minimum Gasteiger partial charge on any atom is -0.469 e. The van der Waals surface area contributed by atoms with Gasteiger partial charge in [0.1, 0.15) is 5.76 Å². The molecule has 0 radical (unpaired) electrons. The van der Waals surface area contributed by atoms with Gasteiger partial charge in [0.25, 0.3) is 5.91 Å². The smallest absolute Gasteiger partial charge is 0.274 e. The second kappa shape index (κ2) is 6.52. The van der Waals surface area contributed by atoms with E-state index in [-0.39, 0.29) is 5.91 Å². The standard InChI is InChI=1S/C16H16N2O2/c1-12(10-14-6-4-3-5-7-14)11-17-18-16(19)15-8-9-20-13(15)2/h3-11H,1-2H3,(H,18,19)/b12-10-,17-11-. The Morgan fingerprint density at radius 1 is 1.25 bits per heavy atom. The van der Waals surface area contributed by atoms with E-state index in [1.807, 2.05) is 43.3 Å². The van der Waals surface area contributed by atoms with Crippen molar-refractivity contribution < 1.29 is 9.21 Å². The number of nitrogens with one attached hydrogen (secondary N) is 1. The van der Waals surface area contributed by atoms with E-state index in [2.05, 4.69) is 10.5 Å². The lowest BCUT2D eigenvalue weighted by Gasteiger charge is -1.98. The normalized spacial score (nSPS) is 11.8. The van der Waals surface area contributed by atoms with Crippen molar-refractivity contribution in [2.24, 2.45) is 5.10 Å². The predicted molar refractivity (Wildman–Crippen MR) is 79.5 cm³/mol. The average molecular weight is 268 g/mol. The van der Waals surface area contributed by atoms with E-state index < -0.39 is 0 Å². The Bertz CT molecular complexity index is 640. The summed E-state index contributed by atoms with van der Waals surface area (Å²) in [4.78, 5) is 11.8. The fraction of sp³-hybridized carbons (Fsp3) is 0.125. The van der Waals surface area contributed by atoms with Crippen molar-refractivity contribution in [2.45, 2.75) is 13.8 Å². The second-order valence-corrected chi connectivity index (χ2v) is 4.39. The molecule has 2 rings (SSSR count). The summed E-state index contributed by atoms with van der Waals surface area (Å²) in [7, 11) is 0. The van der Waals surface area contributed by atoms with Crippen LogP contribution in [0.2, 0.25) is 0 Å². The number of aryl methyl sites for hydroxylation is 1. The SMILES string of the molecule is CC(/C=N\NC(=O)c1ccoc1C)=C/c1ccccc1. The molecule has 20 heavy (non-hydrogen) atoms. The maximum atomic E-state index is 11.8.